The van der Waals surface area contributed by atoms with Gasteiger partial charge in [0.05, 0.1) is 0 Å². The Labute approximate surface area is 78.8 Å². The summed E-state index contributed by atoms with van der Waals surface area (Å²) in [5, 5.41) is 1.35. The molecule has 1 heterocycles. The molecule has 2 aromatic rings. The van der Waals surface area contributed by atoms with Gasteiger partial charge in [-0.2, -0.15) is 0 Å². The Morgan fingerprint density at radius 1 is 1.23 bits per heavy atom. The lowest BCUT2D eigenvalue weighted by molar-refractivity contribution is 0.873. The van der Waals surface area contributed by atoms with E-state index in [0.29, 0.717) is 5.92 Å². The fourth-order valence-corrected chi connectivity index (χ4v) is 1.80. The molecule has 68 valence electrons. The maximum atomic E-state index is 3.34. The monoisotopic (exact) mass is 173 g/mol. The van der Waals surface area contributed by atoms with E-state index in [1.165, 1.54) is 22.0 Å². The molecule has 1 nitrogen and oxygen atoms in total. The van der Waals surface area contributed by atoms with Crippen LogP contribution in [-0.4, -0.2) is 4.98 Å². The highest BCUT2D eigenvalue weighted by Crippen LogP contribution is 2.26. The SMILES string of the molecule is Cc1c[nH]c2c(C(C)C)cccc12. The number of rotatable bonds is 1. The molecular formula is C12H15N. The van der Waals surface area contributed by atoms with Gasteiger partial charge >= 0.3 is 0 Å². The molecule has 0 aliphatic carbocycles. The maximum absolute atomic E-state index is 3.34. The summed E-state index contributed by atoms with van der Waals surface area (Å²) in [5.41, 5.74) is 4.04. The lowest BCUT2D eigenvalue weighted by Gasteiger charge is -2.06. The average molecular weight is 173 g/mol. The fraction of sp³-hybridized carbons (Fsp3) is 0.333. The van der Waals surface area contributed by atoms with Crippen LogP contribution in [0.4, 0.5) is 0 Å². The van der Waals surface area contributed by atoms with Crippen LogP contribution in [0.1, 0.15) is 30.9 Å². The van der Waals surface area contributed by atoms with E-state index < -0.39 is 0 Å². The number of benzene rings is 1. The predicted molar refractivity (Wildman–Crippen MR) is 57.1 cm³/mol. The molecular weight excluding hydrogens is 158 g/mol. The van der Waals surface area contributed by atoms with Crippen molar-refractivity contribution in [3.63, 3.8) is 0 Å². The van der Waals surface area contributed by atoms with E-state index in [-0.39, 0.29) is 0 Å². The average Bonchev–Trinajstić information content (AvgIpc) is 2.48. The topological polar surface area (TPSA) is 15.8 Å². The molecule has 0 fully saturated rings. The summed E-state index contributed by atoms with van der Waals surface area (Å²) >= 11 is 0. The zero-order valence-electron chi connectivity index (χ0n) is 8.39. The van der Waals surface area contributed by atoms with Crippen molar-refractivity contribution in [3.05, 3.63) is 35.5 Å². The minimum absolute atomic E-state index is 0.585. The van der Waals surface area contributed by atoms with Crippen LogP contribution >= 0.6 is 0 Å². The molecule has 1 N–H and O–H groups in total. The Morgan fingerprint density at radius 2 is 2.00 bits per heavy atom. The molecule has 1 aromatic heterocycles. The Morgan fingerprint density at radius 3 is 2.69 bits per heavy atom. The second-order valence-corrected chi connectivity index (χ2v) is 3.90. The van der Waals surface area contributed by atoms with Crippen molar-refractivity contribution in [1.29, 1.82) is 0 Å². The Bertz CT molecular complexity index is 424. The van der Waals surface area contributed by atoms with E-state index in [1.807, 2.05) is 0 Å². The van der Waals surface area contributed by atoms with E-state index >= 15 is 0 Å². The van der Waals surface area contributed by atoms with E-state index in [0.717, 1.165) is 0 Å². The second-order valence-electron chi connectivity index (χ2n) is 3.90. The van der Waals surface area contributed by atoms with Crippen LogP contribution in [0.5, 0.6) is 0 Å². The highest BCUT2D eigenvalue weighted by atomic mass is 14.7. The molecule has 0 aliphatic heterocycles. The molecule has 0 amide bonds. The molecule has 1 heteroatoms. The quantitative estimate of drug-likeness (QED) is 0.678. The number of aromatic nitrogens is 1. The third kappa shape index (κ3) is 1.24. The molecule has 0 spiro atoms. The predicted octanol–water partition coefficient (Wildman–Crippen LogP) is 3.60. The zero-order valence-corrected chi connectivity index (χ0v) is 8.39. The number of fused-ring (bicyclic) bond motifs is 1. The van der Waals surface area contributed by atoms with Crippen molar-refractivity contribution in [2.45, 2.75) is 26.7 Å². The van der Waals surface area contributed by atoms with Crippen molar-refractivity contribution in [2.24, 2.45) is 0 Å². The van der Waals surface area contributed by atoms with Crippen LogP contribution < -0.4 is 0 Å². The molecule has 0 bridgehead atoms. The van der Waals surface area contributed by atoms with Gasteiger partial charge in [-0.3, -0.25) is 0 Å². The summed E-state index contributed by atoms with van der Waals surface area (Å²) in [6.07, 6.45) is 2.08. The number of para-hydroxylation sites is 1. The third-order valence-corrected chi connectivity index (χ3v) is 2.58. The lowest BCUT2D eigenvalue weighted by atomic mass is 10.00. The van der Waals surface area contributed by atoms with Gasteiger partial charge in [0.15, 0.2) is 0 Å². The van der Waals surface area contributed by atoms with Crippen molar-refractivity contribution in [2.75, 3.05) is 0 Å². The van der Waals surface area contributed by atoms with Crippen LogP contribution in [0.25, 0.3) is 10.9 Å². The molecule has 0 radical (unpaired) electrons. The minimum atomic E-state index is 0.585. The first-order chi connectivity index (χ1) is 6.20. The first kappa shape index (κ1) is 8.36. The summed E-state index contributed by atoms with van der Waals surface area (Å²) in [5.74, 6) is 0.585. The fourth-order valence-electron chi connectivity index (χ4n) is 1.80. The van der Waals surface area contributed by atoms with Crippen LogP contribution in [-0.2, 0) is 0 Å². The van der Waals surface area contributed by atoms with Gasteiger partial charge in [-0.25, -0.2) is 0 Å². The zero-order chi connectivity index (χ0) is 9.42. The summed E-state index contributed by atoms with van der Waals surface area (Å²) in [6, 6.07) is 6.51. The van der Waals surface area contributed by atoms with E-state index in [9.17, 15) is 0 Å². The van der Waals surface area contributed by atoms with Crippen LogP contribution in [0, 0.1) is 6.92 Å². The van der Waals surface area contributed by atoms with Gasteiger partial charge < -0.3 is 4.98 Å². The van der Waals surface area contributed by atoms with Gasteiger partial charge in [-0.05, 0) is 24.0 Å². The van der Waals surface area contributed by atoms with Gasteiger partial charge in [0.2, 0.25) is 0 Å². The number of nitrogens with one attached hydrogen (secondary N) is 1. The van der Waals surface area contributed by atoms with Gasteiger partial charge in [0, 0.05) is 17.1 Å². The summed E-state index contributed by atoms with van der Waals surface area (Å²) < 4.78 is 0. The van der Waals surface area contributed by atoms with Gasteiger partial charge in [-0.1, -0.05) is 32.0 Å². The highest BCUT2D eigenvalue weighted by molar-refractivity contribution is 5.86. The summed E-state index contributed by atoms with van der Waals surface area (Å²) in [6.45, 7) is 6.60. The third-order valence-electron chi connectivity index (χ3n) is 2.58. The van der Waals surface area contributed by atoms with E-state index in [2.05, 4.69) is 50.2 Å². The number of H-pyrrole nitrogens is 1. The first-order valence-corrected chi connectivity index (χ1v) is 4.76. The largest absolute Gasteiger partial charge is 0.361 e. The normalized spacial score (nSPS) is 11.4. The molecule has 0 unspecified atom stereocenters. The molecule has 0 atom stereocenters. The summed E-state index contributed by atoms with van der Waals surface area (Å²) in [4.78, 5) is 3.34. The van der Waals surface area contributed by atoms with E-state index in [1.54, 1.807) is 0 Å². The van der Waals surface area contributed by atoms with Crippen molar-refractivity contribution in [1.82, 2.24) is 4.98 Å². The smallest absolute Gasteiger partial charge is 0.0491 e. The van der Waals surface area contributed by atoms with Crippen molar-refractivity contribution in [3.8, 4) is 0 Å². The van der Waals surface area contributed by atoms with Crippen LogP contribution in [0.2, 0.25) is 0 Å². The Kier molecular flexibility index (Phi) is 1.87. The van der Waals surface area contributed by atoms with E-state index in [4.69, 9.17) is 0 Å². The van der Waals surface area contributed by atoms with Crippen LogP contribution in [0.15, 0.2) is 24.4 Å². The number of aromatic amines is 1. The molecule has 0 saturated carbocycles. The Hall–Kier alpha value is -1.24. The lowest BCUT2D eigenvalue weighted by Crippen LogP contribution is -1.88. The number of hydrogen-bond donors (Lipinski definition) is 1. The first-order valence-electron chi connectivity index (χ1n) is 4.76. The van der Waals surface area contributed by atoms with Crippen molar-refractivity contribution < 1.29 is 0 Å². The highest BCUT2D eigenvalue weighted by Gasteiger charge is 2.06. The molecule has 13 heavy (non-hydrogen) atoms. The molecule has 0 aliphatic rings. The summed E-state index contributed by atoms with van der Waals surface area (Å²) in [7, 11) is 0. The Balaban J connectivity index is 2.77. The standard InChI is InChI=1S/C12H15N/c1-8(2)10-5-4-6-11-9(3)7-13-12(10)11/h4-8,13H,1-3H3. The van der Waals surface area contributed by atoms with Gasteiger partial charge in [0.1, 0.15) is 0 Å². The number of hydrogen-bond acceptors (Lipinski definition) is 0. The van der Waals surface area contributed by atoms with Gasteiger partial charge in [0.25, 0.3) is 0 Å². The van der Waals surface area contributed by atoms with Crippen LogP contribution in [0.3, 0.4) is 0 Å². The van der Waals surface area contributed by atoms with Gasteiger partial charge in [-0.15, -0.1) is 0 Å². The maximum Gasteiger partial charge on any atom is 0.0491 e. The molecule has 2 rings (SSSR count). The van der Waals surface area contributed by atoms with Crippen molar-refractivity contribution >= 4 is 10.9 Å². The molecule has 0 saturated heterocycles. The minimum Gasteiger partial charge on any atom is -0.361 e. The second kappa shape index (κ2) is 2.91. The number of aryl methyl sites for hydroxylation is 1. The molecule has 1 aromatic carbocycles.